The number of aliphatic hydroxyl groups is 1. The standard InChI is InChI=1S/C32H51NO7/c1-2-3-4-5-6-7-8-9-10-11-12-13-14-15-16-17-18-19-32(35)33-20-22-36-24-26-38-28-30-40-31-29-39-27-25-37-23-21-34/h3-4,6-7,9-10,15-16,18-19,34H,2,5,8,11,14,17,20-31H2,1H3,(H,33,35)/b4-3-,7-6-,10-9-,16-15-,19-18-. The number of amides is 1. The number of hydrogen-bond acceptors (Lipinski definition) is 7. The average molecular weight is 562 g/mol. The Morgan fingerprint density at radius 2 is 1.02 bits per heavy atom. The Morgan fingerprint density at radius 1 is 0.600 bits per heavy atom. The van der Waals surface area contributed by atoms with Gasteiger partial charge in [-0.1, -0.05) is 73.4 Å². The van der Waals surface area contributed by atoms with E-state index in [1.807, 2.05) is 18.2 Å². The molecule has 0 aliphatic heterocycles. The molecule has 0 saturated carbocycles. The van der Waals surface area contributed by atoms with E-state index in [0.717, 1.165) is 25.7 Å². The van der Waals surface area contributed by atoms with Gasteiger partial charge in [0.05, 0.1) is 72.7 Å². The fraction of sp³-hybridized carbons (Fsp3) is 0.594. The molecule has 2 N–H and O–H groups in total. The van der Waals surface area contributed by atoms with Crippen molar-refractivity contribution in [3.05, 3.63) is 60.8 Å². The molecule has 0 aromatic carbocycles. The van der Waals surface area contributed by atoms with Gasteiger partial charge in [0, 0.05) is 19.4 Å². The van der Waals surface area contributed by atoms with Crippen LogP contribution in [-0.2, 0) is 28.5 Å². The van der Waals surface area contributed by atoms with Crippen molar-refractivity contribution in [3.63, 3.8) is 0 Å². The van der Waals surface area contributed by atoms with E-state index in [2.05, 4.69) is 60.5 Å². The van der Waals surface area contributed by atoms with Gasteiger partial charge < -0.3 is 34.1 Å². The molecule has 0 aliphatic carbocycles. The number of allylic oxidation sites excluding steroid dienone is 9. The van der Waals surface area contributed by atoms with Gasteiger partial charge in [0.25, 0.3) is 0 Å². The fourth-order valence-corrected chi connectivity index (χ4v) is 2.84. The summed E-state index contributed by atoms with van der Waals surface area (Å²) in [7, 11) is 0. The Morgan fingerprint density at radius 3 is 1.52 bits per heavy atom. The highest BCUT2D eigenvalue weighted by molar-refractivity contribution is 5.87. The third-order valence-corrected chi connectivity index (χ3v) is 4.82. The highest BCUT2D eigenvalue weighted by Gasteiger charge is 1.95. The van der Waals surface area contributed by atoms with Crippen LogP contribution in [0, 0.1) is 11.8 Å². The number of hydrogen-bond donors (Lipinski definition) is 2. The van der Waals surface area contributed by atoms with Gasteiger partial charge >= 0.3 is 0 Å². The van der Waals surface area contributed by atoms with Gasteiger partial charge in [-0.25, -0.2) is 0 Å². The lowest BCUT2D eigenvalue weighted by molar-refractivity contribution is -0.116. The summed E-state index contributed by atoms with van der Waals surface area (Å²) < 4.78 is 26.6. The zero-order valence-corrected chi connectivity index (χ0v) is 24.4. The van der Waals surface area contributed by atoms with Crippen molar-refractivity contribution in [2.24, 2.45) is 0 Å². The molecule has 0 atom stereocenters. The van der Waals surface area contributed by atoms with Crippen LogP contribution in [0.2, 0.25) is 0 Å². The first-order chi connectivity index (χ1) is 19.8. The maximum atomic E-state index is 11.8. The number of carbonyl (C=O) groups excluding carboxylic acids is 1. The van der Waals surface area contributed by atoms with Crippen LogP contribution in [0.3, 0.4) is 0 Å². The van der Waals surface area contributed by atoms with Gasteiger partial charge in [-0.05, 0) is 31.8 Å². The minimum absolute atomic E-state index is 0.0222. The van der Waals surface area contributed by atoms with Crippen LogP contribution < -0.4 is 5.32 Å². The Labute approximate surface area is 242 Å². The first-order valence-electron chi connectivity index (χ1n) is 14.3. The van der Waals surface area contributed by atoms with Crippen LogP contribution in [0.15, 0.2) is 60.8 Å². The summed E-state index contributed by atoms with van der Waals surface area (Å²) in [5.74, 6) is 6.12. The molecular weight excluding hydrogens is 510 g/mol. The normalized spacial score (nSPS) is 11.9. The third-order valence-electron chi connectivity index (χ3n) is 4.82. The number of nitrogens with one attached hydrogen (secondary N) is 1. The molecular formula is C32H51NO7. The second-order valence-electron chi connectivity index (χ2n) is 8.24. The monoisotopic (exact) mass is 561 g/mol. The molecule has 0 bridgehead atoms. The Kier molecular flexibility index (Phi) is 32.4. The summed E-state index contributed by atoms with van der Waals surface area (Å²) in [5.41, 5.74) is 0. The average Bonchev–Trinajstić information content (AvgIpc) is 2.96. The molecule has 8 heteroatoms. The SMILES string of the molecule is CC/C=C\C/C=C\C/C=C\CC#CC/C=C\C/C=C\C(=O)NCCOCCOCCOCCOCCOCCO. The molecule has 0 aliphatic rings. The van der Waals surface area contributed by atoms with E-state index in [4.69, 9.17) is 28.8 Å². The van der Waals surface area contributed by atoms with E-state index >= 15 is 0 Å². The van der Waals surface area contributed by atoms with Crippen molar-refractivity contribution < 1.29 is 33.6 Å². The highest BCUT2D eigenvalue weighted by atomic mass is 16.6. The number of aliphatic hydroxyl groups excluding tert-OH is 1. The minimum atomic E-state index is -0.133. The summed E-state index contributed by atoms with van der Waals surface area (Å²) >= 11 is 0. The number of ether oxygens (including phenoxy) is 5. The van der Waals surface area contributed by atoms with E-state index in [1.165, 1.54) is 6.08 Å². The largest absolute Gasteiger partial charge is 0.394 e. The van der Waals surface area contributed by atoms with Crippen LogP contribution in [0.5, 0.6) is 0 Å². The van der Waals surface area contributed by atoms with E-state index in [9.17, 15) is 4.79 Å². The summed E-state index contributed by atoms with van der Waals surface area (Å²) in [6.45, 7) is 7.21. The maximum absolute atomic E-state index is 11.8. The topological polar surface area (TPSA) is 95.5 Å². The summed E-state index contributed by atoms with van der Waals surface area (Å²) in [5, 5.41) is 11.4. The van der Waals surface area contributed by atoms with Crippen LogP contribution in [-0.4, -0.2) is 90.2 Å². The molecule has 226 valence electrons. The molecule has 0 rings (SSSR count). The summed E-state index contributed by atoms with van der Waals surface area (Å²) in [6.07, 6.45) is 25.6. The zero-order valence-electron chi connectivity index (χ0n) is 24.4. The minimum Gasteiger partial charge on any atom is -0.394 e. The third kappa shape index (κ3) is 33.5. The van der Waals surface area contributed by atoms with Gasteiger partial charge in [-0.15, -0.1) is 0 Å². The Bertz CT molecular complexity index is 763. The number of carbonyl (C=O) groups is 1. The van der Waals surface area contributed by atoms with Crippen molar-refractivity contribution in [2.75, 3.05) is 79.2 Å². The zero-order chi connectivity index (χ0) is 29.0. The second-order valence-corrected chi connectivity index (χ2v) is 8.24. The maximum Gasteiger partial charge on any atom is 0.243 e. The predicted molar refractivity (Wildman–Crippen MR) is 161 cm³/mol. The predicted octanol–water partition coefficient (Wildman–Crippen LogP) is 4.32. The van der Waals surface area contributed by atoms with E-state index < -0.39 is 0 Å². The number of rotatable bonds is 27. The second kappa shape index (κ2) is 34.5. The van der Waals surface area contributed by atoms with Gasteiger partial charge in [0.2, 0.25) is 5.91 Å². The molecule has 0 fully saturated rings. The van der Waals surface area contributed by atoms with Crippen molar-refractivity contribution in [2.45, 2.75) is 45.4 Å². The van der Waals surface area contributed by atoms with E-state index in [0.29, 0.717) is 85.5 Å². The lowest BCUT2D eigenvalue weighted by Crippen LogP contribution is -2.26. The molecule has 0 spiro atoms. The van der Waals surface area contributed by atoms with E-state index in [1.54, 1.807) is 0 Å². The molecule has 0 heterocycles. The fourth-order valence-electron chi connectivity index (χ4n) is 2.84. The van der Waals surface area contributed by atoms with Gasteiger partial charge in [-0.3, -0.25) is 4.79 Å². The Hall–Kier alpha value is -2.51. The lowest BCUT2D eigenvalue weighted by atomic mass is 10.2. The van der Waals surface area contributed by atoms with Gasteiger partial charge in [-0.2, -0.15) is 0 Å². The molecule has 8 nitrogen and oxygen atoms in total. The van der Waals surface area contributed by atoms with Gasteiger partial charge in [0.15, 0.2) is 0 Å². The molecule has 0 unspecified atom stereocenters. The summed E-state index contributed by atoms with van der Waals surface area (Å²) in [4.78, 5) is 11.8. The molecule has 0 radical (unpaired) electrons. The van der Waals surface area contributed by atoms with E-state index in [-0.39, 0.29) is 12.5 Å². The molecule has 0 saturated heterocycles. The quantitative estimate of drug-likeness (QED) is 0.0667. The molecule has 40 heavy (non-hydrogen) atoms. The van der Waals surface area contributed by atoms with Crippen LogP contribution in [0.1, 0.15) is 45.4 Å². The molecule has 0 aromatic heterocycles. The van der Waals surface area contributed by atoms with Gasteiger partial charge in [0.1, 0.15) is 0 Å². The van der Waals surface area contributed by atoms with Crippen molar-refractivity contribution in [1.82, 2.24) is 5.32 Å². The van der Waals surface area contributed by atoms with Crippen molar-refractivity contribution in [1.29, 1.82) is 0 Å². The molecule has 1 amide bonds. The van der Waals surface area contributed by atoms with Crippen LogP contribution in [0.25, 0.3) is 0 Å². The summed E-state index contributed by atoms with van der Waals surface area (Å²) in [6, 6.07) is 0. The smallest absolute Gasteiger partial charge is 0.243 e. The van der Waals surface area contributed by atoms with Crippen molar-refractivity contribution >= 4 is 5.91 Å². The van der Waals surface area contributed by atoms with Crippen LogP contribution >= 0.6 is 0 Å². The first kappa shape index (κ1) is 37.5. The Balaban J connectivity index is 3.44. The lowest BCUT2D eigenvalue weighted by Gasteiger charge is -2.08. The highest BCUT2D eigenvalue weighted by Crippen LogP contribution is 1.94. The molecule has 0 aromatic rings. The first-order valence-corrected chi connectivity index (χ1v) is 14.3. The van der Waals surface area contributed by atoms with Crippen molar-refractivity contribution in [3.8, 4) is 11.8 Å². The van der Waals surface area contributed by atoms with Crippen LogP contribution in [0.4, 0.5) is 0 Å².